The first-order chi connectivity index (χ1) is 16.4. The van der Waals surface area contributed by atoms with E-state index in [0.29, 0.717) is 23.1 Å². The molecule has 0 saturated carbocycles. The van der Waals surface area contributed by atoms with E-state index in [9.17, 15) is 18.5 Å². The lowest BCUT2D eigenvalue weighted by Gasteiger charge is -2.09. The van der Waals surface area contributed by atoms with Crippen LogP contribution < -0.4 is 14.8 Å². The van der Waals surface area contributed by atoms with Gasteiger partial charge in [-0.15, -0.1) is 0 Å². The van der Waals surface area contributed by atoms with Crippen molar-refractivity contribution in [3.8, 4) is 22.8 Å². The standard InChI is InChI=1S/C23H19N5O5S/c1-24-34(31,32)19-12-8-17(9-13-19)26-23-25-15-14-20(27-23)16-6-10-18(11-7-16)33-22-5-3-2-4-21(22)28(29)30/h2-15,24H,1H3,(H,25,26,27). The van der Waals surface area contributed by atoms with Crippen molar-refractivity contribution in [3.63, 3.8) is 0 Å². The van der Waals surface area contributed by atoms with Gasteiger partial charge in [0.15, 0.2) is 0 Å². The summed E-state index contributed by atoms with van der Waals surface area (Å²) in [6, 6.07) is 21.1. The molecule has 0 bridgehead atoms. The largest absolute Gasteiger partial charge is 0.450 e. The van der Waals surface area contributed by atoms with Crippen LogP contribution in [0.5, 0.6) is 11.5 Å². The zero-order chi connectivity index (χ0) is 24.1. The highest BCUT2D eigenvalue weighted by Crippen LogP contribution is 2.32. The first kappa shape index (κ1) is 22.8. The first-order valence-corrected chi connectivity index (χ1v) is 11.5. The predicted molar refractivity (Wildman–Crippen MR) is 127 cm³/mol. The van der Waals surface area contributed by atoms with E-state index in [4.69, 9.17) is 4.74 Å². The Labute approximate surface area is 195 Å². The smallest absolute Gasteiger partial charge is 0.311 e. The topological polar surface area (TPSA) is 136 Å². The van der Waals surface area contributed by atoms with E-state index in [-0.39, 0.29) is 16.3 Å². The van der Waals surface area contributed by atoms with Gasteiger partial charge < -0.3 is 10.1 Å². The molecular formula is C23H19N5O5S. The molecule has 0 aliphatic heterocycles. The zero-order valence-electron chi connectivity index (χ0n) is 17.9. The van der Waals surface area contributed by atoms with Crippen molar-refractivity contribution in [1.29, 1.82) is 0 Å². The Kier molecular flexibility index (Phi) is 6.48. The van der Waals surface area contributed by atoms with Crippen LogP contribution in [-0.2, 0) is 10.0 Å². The van der Waals surface area contributed by atoms with E-state index < -0.39 is 14.9 Å². The number of sulfonamides is 1. The number of hydrogen-bond acceptors (Lipinski definition) is 8. The van der Waals surface area contributed by atoms with Gasteiger partial charge in [0.05, 0.1) is 15.5 Å². The maximum Gasteiger partial charge on any atom is 0.311 e. The molecule has 3 aromatic carbocycles. The molecule has 0 fully saturated rings. The van der Waals surface area contributed by atoms with Gasteiger partial charge in [-0.3, -0.25) is 10.1 Å². The Morgan fingerprint density at radius 1 is 0.941 bits per heavy atom. The third kappa shape index (κ3) is 5.17. The molecular weight excluding hydrogens is 458 g/mol. The minimum atomic E-state index is -3.51. The molecule has 0 aliphatic rings. The fraction of sp³-hybridized carbons (Fsp3) is 0.0435. The minimum Gasteiger partial charge on any atom is -0.450 e. The van der Waals surface area contributed by atoms with Crippen LogP contribution in [0, 0.1) is 10.1 Å². The predicted octanol–water partition coefficient (Wildman–Crippen LogP) is 4.50. The summed E-state index contributed by atoms with van der Waals surface area (Å²) in [6.45, 7) is 0. The average molecular weight is 478 g/mol. The van der Waals surface area contributed by atoms with Crippen LogP contribution in [0.2, 0.25) is 0 Å². The molecule has 0 saturated heterocycles. The van der Waals surface area contributed by atoms with Crippen LogP contribution in [0.15, 0.2) is 90.0 Å². The number of ether oxygens (including phenoxy) is 1. The molecule has 10 nitrogen and oxygen atoms in total. The van der Waals surface area contributed by atoms with Crippen LogP contribution in [0.3, 0.4) is 0 Å². The van der Waals surface area contributed by atoms with Crippen molar-refractivity contribution in [2.75, 3.05) is 12.4 Å². The number of rotatable bonds is 8. The van der Waals surface area contributed by atoms with Gasteiger partial charge in [0, 0.05) is 23.5 Å². The fourth-order valence-electron chi connectivity index (χ4n) is 3.06. The Hall–Kier alpha value is -4.35. The number of aromatic nitrogens is 2. The van der Waals surface area contributed by atoms with Crippen molar-refractivity contribution in [1.82, 2.24) is 14.7 Å². The number of nitro groups is 1. The highest BCUT2D eigenvalue weighted by molar-refractivity contribution is 7.89. The van der Waals surface area contributed by atoms with E-state index in [1.165, 1.54) is 31.3 Å². The van der Waals surface area contributed by atoms with Crippen molar-refractivity contribution in [3.05, 3.63) is 95.2 Å². The molecule has 0 atom stereocenters. The maximum absolute atomic E-state index is 11.8. The summed E-state index contributed by atoms with van der Waals surface area (Å²) in [7, 11) is -2.16. The van der Waals surface area contributed by atoms with Gasteiger partial charge in [-0.05, 0) is 67.7 Å². The Bertz CT molecular complexity index is 1430. The second-order valence-electron chi connectivity index (χ2n) is 6.97. The fourth-order valence-corrected chi connectivity index (χ4v) is 3.79. The number of anilines is 2. The van der Waals surface area contributed by atoms with E-state index in [1.54, 1.807) is 60.8 Å². The molecule has 1 heterocycles. The molecule has 172 valence electrons. The van der Waals surface area contributed by atoms with Crippen LogP contribution >= 0.6 is 0 Å². The summed E-state index contributed by atoms with van der Waals surface area (Å²) in [5.41, 5.74) is 1.94. The first-order valence-electron chi connectivity index (χ1n) is 10.0. The maximum atomic E-state index is 11.8. The molecule has 34 heavy (non-hydrogen) atoms. The Morgan fingerprint density at radius 2 is 1.65 bits per heavy atom. The van der Waals surface area contributed by atoms with Crippen molar-refractivity contribution < 1.29 is 18.1 Å². The number of para-hydroxylation sites is 2. The highest BCUT2D eigenvalue weighted by Gasteiger charge is 2.15. The molecule has 4 aromatic rings. The molecule has 4 rings (SSSR count). The zero-order valence-corrected chi connectivity index (χ0v) is 18.7. The van der Waals surface area contributed by atoms with Crippen LogP contribution in [0.25, 0.3) is 11.3 Å². The second kappa shape index (κ2) is 9.65. The molecule has 0 aliphatic carbocycles. The number of hydrogen-bond donors (Lipinski definition) is 2. The summed E-state index contributed by atoms with van der Waals surface area (Å²) in [5, 5.41) is 14.2. The number of nitro benzene ring substituents is 1. The van der Waals surface area contributed by atoms with Gasteiger partial charge in [0.25, 0.3) is 0 Å². The summed E-state index contributed by atoms with van der Waals surface area (Å²) >= 11 is 0. The minimum absolute atomic E-state index is 0.116. The molecule has 0 spiro atoms. The summed E-state index contributed by atoms with van der Waals surface area (Å²) in [6.07, 6.45) is 1.60. The summed E-state index contributed by atoms with van der Waals surface area (Å²) < 4.78 is 31.6. The third-order valence-electron chi connectivity index (χ3n) is 4.78. The van der Waals surface area contributed by atoms with Gasteiger partial charge in [0.1, 0.15) is 5.75 Å². The molecule has 2 N–H and O–H groups in total. The van der Waals surface area contributed by atoms with Gasteiger partial charge >= 0.3 is 5.69 Å². The SMILES string of the molecule is CNS(=O)(=O)c1ccc(Nc2nccc(-c3ccc(Oc4ccccc4[N+](=O)[O-])cc3)n2)cc1. The number of nitrogens with zero attached hydrogens (tertiary/aromatic N) is 3. The Morgan fingerprint density at radius 3 is 2.32 bits per heavy atom. The normalized spacial score (nSPS) is 11.1. The molecule has 0 radical (unpaired) electrons. The van der Waals surface area contributed by atoms with Crippen LogP contribution in [0.4, 0.5) is 17.3 Å². The van der Waals surface area contributed by atoms with E-state index in [0.717, 1.165) is 5.56 Å². The van der Waals surface area contributed by atoms with E-state index in [1.807, 2.05) is 0 Å². The summed E-state index contributed by atoms with van der Waals surface area (Å²) in [5.74, 6) is 0.936. The van der Waals surface area contributed by atoms with Crippen LogP contribution in [-0.4, -0.2) is 30.4 Å². The lowest BCUT2D eigenvalue weighted by Crippen LogP contribution is -2.18. The molecule has 1 aromatic heterocycles. The van der Waals surface area contributed by atoms with Gasteiger partial charge in [-0.2, -0.15) is 0 Å². The van der Waals surface area contributed by atoms with Gasteiger partial charge in [-0.25, -0.2) is 23.1 Å². The molecule has 0 unspecified atom stereocenters. The van der Waals surface area contributed by atoms with Crippen molar-refractivity contribution >= 4 is 27.3 Å². The van der Waals surface area contributed by atoms with E-state index in [2.05, 4.69) is 20.0 Å². The van der Waals surface area contributed by atoms with Crippen molar-refractivity contribution in [2.45, 2.75) is 4.90 Å². The lowest BCUT2D eigenvalue weighted by molar-refractivity contribution is -0.385. The van der Waals surface area contributed by atoms with Crippen molar-refractivity contribution in [2.24, 2.45) is 0 Å². The molecule has 0 amide bonds. The molecule has 11 heteroatoms. The third-order valence-corrected chi connectivity index (χ3v) is 6.22. The van der Waals surface area contributed by atoms with Gasteiger partial charge in [0.2, 0.25) is 21.7 Å². The van der Waals surface area contributed by atoms with Crippen LogP contribution in [0.1, 0.15) is 0 Å². The Balaban J connectivity index is 1.49. The lowest BCUT2D eigenvalue weighted by atomic mass is 10.1. The van der Waals surface area contributed by atoms with Gasteiger partial charge in [-0.1, -0.05) is 12.1 Å². The second-order valence-corrected chi connectivity index (χ2v) is 8.86. The average Bonchev–Trinajstić information content (AvgIpc) is 2.85. The quantitative estimate of drug-likeness (QED) is 0.280. The monoisotopic (exact) mass is 477 g/mol. The number of nitrogens with one attached hydrogen (secondary N) is 2. The highest BCUT2D eigenvalue weighted by atomic mass is 32.2. The van der Waals surface area contributed by atoms with E-state index >= 15 is 0 Å². The number of benzene rings is 3. The summed E-state index contributed by atoms with van der Waals surface area (Å²) in [4.78, 5) is 19.5.